The van der Waals surface area contributed by atoms with E-state index in [9.17, 15) is 0 Å². The molecule has 3 nitrogen and oxygen atoms in total. The van der Waals surface area contributed by atoms with Crippen LogP contribution in [0.1, 0.15) is 44.0 Å². The molecule has 2 aromatic rings. The van der Waals surface area contributed by atoms with Gasteiger partial charge in [-0.3, -0.25) is 14.9 Å². The maximum atomic E-state index is 4.59. The van der Waals surface area contributed by atoms with Crippen LogP contribution in [-0.2, 0) is 19.5 Å². The van der Waals surface area contributed by atoms with Crippen LogP contribution in [0.5, 0.6) is 0 Å². The lowest BCUT2D eigenvalue weighted by Crippen LogP contribution is -2.32. The van der Waals surface area contributed by atoms with E-state index < -0.39 is 0 Å². The molecule has 21 heavy (non-hydrogen) atoms. The van der Waals surface area contributed by atoms with Gasteiger partial charge in [0.15, 0.2) is 0 Å². The Hall–Kier alpha value is -1.74. The van der Waals surface area contributed by atoms with Gasteiger partial charge in [0.1, 0.15) is 0 Å². The zero-order valence-electron chi connectivity index (χ0n) is 13.3. The fourth-order valence-electron chi connectivity index (χ4n) is 2.31. The van der Waals surface area contributed by atoms with Crippen molar-refractivity contribution in [3.05, 3.63) is 59.7 Å². The quantitative estimate of drug-likeness (QED) is 0.773. The van der Waals surface area contributed by atoms with E-state index in [4.69, 9.17) is 0 Å². The van der Waals surface area contributed by atoms with Gasteiger partial charge in [-0.05, 0) is 49.1 Å². The first kappa shape index (κ1) is 15.6. The van der Waals surface area contributed by atoms with Crippen LogP contribution in [-0.4, -0.2) is 20.9 Å². The highest BCUT2D eigenvalue weighted by atomic mass is 15.2. The number of hydrogen-bond acceptors (Lipinski definition) is 3. The Labute approximate surface area is 128 Å². The van der Waals surface area contributed by atoms with Crippen molar-refractivity contribution in [1.29, 1.82) is 0 Å². The molecule has 0 aliphatic heterocycles. The Morgan fingerprint density at radius 2 is 1.76 bits per heavy atom. The maximum Gasteiger partial charge on any atom is 0.0544 e. The van der Waals surface area contributed by atoms with Crippen molar-refractivity contribution in [2.24, 2.45) is 0 Å². The van der Waals surface area contributed by atoms with Crippen molar-refractivity contribution < 1.29 is 0 Å². The zero-order chi connectivity index (χ0) is 15.1. The van der Waals surface area contributed by atoms with Crippen LogP contribution in [0.4, 0.5) is 0 Å². The van der Waals surface area contributed by atoms with Gasteiger partial charge in [0.05, 0.1) is 5.69 Å². The lowest BCUT2D eigenvalue weighted by Gasteiger charge is -2.28. The van der Waals surface area contributed by atoms with Crippen LogP contribution in [0.3, 0.4) is 0 Å². The number of hydrogen-bond donors (Lipinski definition) is 0. The third kappa shape index (κ3) is 4.64. The van der Waals surface area contributed by atoms with E-state index in [0.717, 1.165) is 31.6 Å². The first-order valence-corrected chi connectivity index (χ1v) is 7.79. The van der Waals surface area contributed by atoms with E-state index in [1.165, 1.54) is 11.1 Å². The van der Waals surface area contributed by atoms with Gasteiger partial charge in [0.25, 0.3) is 0 Å². The summed E-state index contributed by atoms with van der Waals surface area (Å²) in [5, 5.41) is 0. The molecule has 0 aliphatic rings. The number of rotatable bonds is 7. The van der Waals surface area contributed by atoms with Gasteiger partial charge in [-0.2, -0.15) is 0 Å². The average molecular weight is 283 g/mol. The molecule has 0 spiro atoms. The van der Waals surface area contributed by atoms with E-state index in [-0.39, 0.29) is 0 Å². The number of nitrogens with zero attached hydrogens (tertiary/aromatic N) is 3. The van der Waals surface area contributed by atoms with Crippen LogP contribution >= 0.6 is 0 Å². The van der Waals surface area contributed by atoms with Crippen LogP contribution in [0.25, 0.3) is 0 Å². The van der Waals surface area contributed by atoms with Gasteiger partial charge in [-0.15, -0.1) is 0 Å². The lowest BCUT2D eigenvalue weighted by atomic mass is 10.1. The molecule has 0 aliphatic carbocycles. The van der Waals surface area contributed by atoms with Crippen LogP contribution in [0, 0.1) is 0 Å². The molecule has 0 bridgehead atoms. The molecule has 112 valence electrons. The van der Waals surface area contributed by atoms with Gasteiger partial charge >= 0.3 is 0 Å². The van der Waals surface area contributed by atoms with Gasteiger partial charge < -0.3 is 0 Å². The fourth-order valence-corrected chi connectivity index (χ4v) is 2.31. The molecule has 3 heteroatoms. The molecular formula is C18H25N3. The summed E-state index contributed by atoms with van der Waals surface area (Å²) in [7, 11) is 0. The Kier molecular flexibility index (Phi) is 5.88. The van der Waals surface area contributed by atoms with Crippen molar-refractivity contribution in [1.82, 2.24) is 14.9 Å². The molecule has 0 aromatic carbocycles. The van der Waals surface area contributed by atoms with E-state index in [1.807, 2.05) is 18.6 Å². The van der Waals surface area contributed by atoms with Crippen LogP contribution < -0.4 is 0 Å². The Balaban J connectivity index is 2.08. The predicted octanol–water partition coefficient (Wildman–Crippen LogP) is 3.84. The lowest BCUT2D eigenvalue weighted by molar-refractivity contribution is 0.184. The van der Waals surface area contributed by atoms with Crippen molar-refractivity contribution in [3.8, 4) is 0 Å². The Bertz CT molecular complexity index is 522. The molecule has 2 heterocycles. The Morgan fingerprint density at radius 3 is 2.33 bits per heavy atom. The standard InChI is InChI=1S/C18H25N3/c1-4-15(3)21(13-17-8-10-19-11-9-17)14-18-7-6-16(5-2)12-20-18/h6-12,15H,4-5,13-14H2,1-3H3/t15-/m0/s1. The van der Waals surface area contributed by atoms with Gasteiger partial charge in [-0.1, -0.05) is 19.9 Å². The number of pyridine rings is 2. The van der Waals surface area contributed by atoms with Crippen molar-refractivity contribution in [3.63, 3.8) is 0 Å². The smallest absolute Gasteiger partial charge is 0.0544 e. The summed E-state index contributed by atoms with van der Waals surface area (Å²) in [6.45, 7) is 8.50. The highest BCUT2D eigenvalue weighted by molar-refractivity contribution is 5.15. The summed E-state index contributed by atoms with van der Waals surface area (Å²) in [4.78, 5) is 11.2. The minimum Gasteiger partial charge on any atom is -0.291 e. The van der Waals surface area contributed by atoms with E-state index in [0.29, 0.717) is 6.04 Å². The second kappa shape index (κ2) is 7.89. The molecule has 0 amide bonds. The first-order valence-electron chi connectivity index (χ1n) is 7.79. The normalized spacial score (nSPS) is 12.6. The largest absolute Gasteiger partial charge is 0.291 e. The SMILES string of the molecule is CCc1ccc(CN(Cc2ccncc2)[C@@H](C)CC)nc1. The topological polar surface area (TPSA) is 29.0 Å². The van der Waals surface area contributed by atoms with E-state index in [1.54, 1.807) is 0 Å². The third-order valence-electron chi connectivity index (χ3n) is 4.01. The summed E-state index contributed by atoms with van der Waals surface area (Å²) in [5.41, 5.74) is 3.74. The first-order chi connectivity index (χ1) is 10.2. The minimum atomic E-state index is 0.533. The average Bonchev–Trinajstić information content (AvgIpc) is 2.55. The highest BCUT2D eigenvalue weighted by Gasteiger charge is 2.14. The molecule has 0 saturated heterocycles. The number of aryl methyl sites for hydroxylation is 1. The fraction of sp³-hybridized carbons (Fsp3) is 0.444. The Morgan fingerprint density at radius 1 is 1.00 bits per heavy atom. The van der Waals surface area contributed by atoms with Gasteiger partial charge in [0.2, 0.25) is 0 Å². The van der Waals surface area contributed by atoms with Gasteiger partial charge in [0, 0.05) is 37.7 Å². The predicted molar refractivity (Wildman–Crippen MR) is 86.9 cm³/mol. The minimum absolute atomic E-state index is 0.533. The second-order valence-corrected chi connectivity index (χ2v) is 5.53. The van der Waals surface area contributed by atoms with Crippen LogP contribution in [0.15, 0.2) is 42.9 Å². The monoisotopic (exact) mass is 283 g/mol. The van der Waals surface area contributed by atoms with Gasteiger partial charge in [-0.25, -0.2) is 0 Å². The number of aromatic nitrogens is 2. The second-order valence-electron chi connectivity index (χ2n) is 5.53. The van der Waals surface area contributed by atoms with Crippen molar-refractivity contribution in [2.75, 3.05) is 0 Å². The summed E-state index contributed by atoms with van der Waals surface area (Å²) in [6, 6.07) is 9.04. The van der Waals surface area contributed by atoms with E-state index >= 15 is 0 Å². The maximum absolute atomic E-state index is 4.59. The highest BCUT2D eigenvalue weighted by Crippen LogP contribution is 2.14. The molecular weight excluding hydrogens is 258 g/mol. The molecule has 1 atom stereocenters. The summed E-state index contributed by atoms with van der Waals surface area (Å²) < 4.78 is 0. The summed E-state index contributed by atoms with van der Waals surface area (Å²) in [6.07, 6.45) is 7.89. The molecule has 0 fully saturated rings. The molecule has 0 unspecified atom stereocenters. The third-order valence-corrected chi connectivity index (χ3v) is 4.01. The molecule has 2 rings (SSSR count). The molecule has 0 radical (unpaired) electrons. The van der Waals surface area contributed by atoms with Crippen LogP contribution in [0.2, 0.25) is 0 Å². The molecule has 0 N–H and O–H groups in total. The van der Waals surface area contributed by atoms with Crippen molar-refractivity contribution in [2.45, 2.75) is 52.7 Å². The van der Waals surface area contributed by atoms with Crippen molar-refractivity contribution >= 4 is 0 Å². The summed E-state index contributed by atoms with van der Waals surface area (Å²) >= 11 is 0. The molecule has 0 saturated carbocycles. The summed E-state index contributed by atoms with van der Waals surface area (Å²) in [5.74, 6) is 0. The molecule has 2 aromatic heterocycles. The van der Waals surface area contributed by atoms with E-state index in [2.05, 4.69) is 59.9 Å². The zero-order valence-corrected chi connectivity index (χ0v) is 13.3.